The number of halogens is 7. The minimum Gasteiger partial charge on any atom is -0.337 e. The molecule has 0 aliphatic rings. The molecule has 0 radical (unpaired) electrons. The van der Waals surface area contributed by atoms with Gasteiger partial charge in [-0.2, -0.15) is 13.2 Å². The molecule has 0 spiro atoms. The van der Waals surface area contributed by atoms with Gasteiger partial charge in [-0.3, -0.25) is 5.41 Å². The second kappa shape index (κ2) is 5.27. The van der Waals surface area contributed by atoms with Crippen molar-refractivity contribution in [1.29, 1.82) is 5.41 Å². The molecule has 9 heteroatoms. The fraction of sp³-hybridized carbons (Fsp3) is 0.222. The van der Waals surface area contributed by atoms with Crippen molar-refractivity contribution < 1.29 is 22.0 Å². The van der Waals surface area contributed by atoms with Gasteiger partial charge in [0.25, 0.3) is 6.43 Å². The summed E-state index contributed by atoms with van der Waals surface area (Å²) in [7, 11) is 0. The summed E-state index contributed by atoms with van der Waals surface area (Å²) in [5, 5.41) is 7.71. The Bertz CT molecular complexity index is 450. The molecule has 0 heterocycles. The first-order valence-electron chi connectivity index (χ1n) is 4.32. The van der Waals surface area contributed by atoms with Gasteiger partial charge in [0.1, 0.15) is 0 Å². The molecule has 1 aromatic carbocycles. The van der Waals surface area contributed by atoms with E-state index < -0.39 is 34.0 Å². The molecule has 0 aliphatic carbocycles. The highest BCUT2D eigenvalue weighted by molar-refractivity contribution is 6.40. The molecule has 2 nitrogen and oxygen atoms in total. The maximum absolute atomic E-state index is 12.4. The van der Waals surface area contributed by atoms with Crippen LogP contribution in [0.1, 0.15) is 5.56 Å². The van der Waals surface area contributed by atoms with Crippen LogP contribution in [0.2, 0.25) is 10.0 Å². The fourth-order valence-electron chi connectivity index (χ4n) is 1.05. The smallest absolute Gasteiger partial charge is 0.337 e. The van der Waals surface area contributed by atoms with Crippen LogP contribution in [0.25, 0.3) is 0 Å². The van der Waals surface area contributed by atoms with E-state index in [-0.39, 0.29) is 5.69 Å². The zero-order valence-electron chi connectivity index (χ0n) is 8.38. The second-order valence-corrected chi connectivity index (χ2v) is 3.97. The monoisotopic (exact) mass is 306 g/mol. The molecule has 18 heavy (non-hydrogen) atoms. The Morgan fingerprint density at radius 1 is 1.17 bits per heavy atom. The summed E-state index contributed by atoms with van der Waals surface area (Å²) in [6.07, 6.45) is -7.76. The van der Waals surface area contributed by atoms with Crippen molar-refractivity contribution in [1.82, 2.24) is 0 Å². The molecule has 0 amide bonds. The van der Waals surface area contributed by atoms with Crippen molar-refractivity contribution in [2.45, 2.75) is 12.6 Å². The van der Waals surface area contributed by atoms with Crippen LogP contribution in [-0.2, 0) is 6.18 Å². The lowest BCUT2D eigenvalue weighted by Crippen LogP contribution is -2.20. The molecule has 100 valence electrons. The average molecular weight is 307 g/mol. The van der Waals surface area contributed by atoms with Gasteiger partial charge in [0, 0.05) is 0 Å². The minimum atomic E-state index is -4.65. The van der Waals surface area contributed by atoms with Gasteiger partial charge in [-0.1, -0.05) is 23.2 Å². The van der Waals surface area contributed by atoms with Crippen LogP contribution in [0.15, 0.2) is 12.1 Å². The summed E-state index contributed by atoms with van der Waals surface area (Å²) in [4.78, 5) is 0. The van der Waals surface area contributed by atoms with Crippen LogP contribution in [0.3, 0.4) is 0 Å². The van der Waals surface area contributed by atoms with E-state index in [9.17, 15) is 22.0 Å². The molecule has 1 aromatic rings. The zero-order chi connectivity index (χ0) is 14.1. The van der Waals surface area contributed by atoms with Crippen molar-refractivity contribution in [3.63, 3.8) is 0 Å². The molecule has 0 aromatic heterocycles. The average Bonchev–Trinajstić information content (AvgIpc) is 2.21. The summed E-state index contributed by atoms with van der Waals surface area (Å²) < 4.78 is 61.3. The number of nitrogens with one attached hydrogen (secondary N) is 2. The number of benzene rings is 1. The van der Waals surface area contributed by atoms with E-state index in [0.29, 0.717) is 12.1 Å². The minimum absolute atomic E-state index is 0.364. The van der Waals surface area contributed by atoms with E-state index in [2.05, 4.69) is 0 Å². The Morgan fingerprint density at radius 2 is 1.61 bits per heavy atom. The van der Waals surface area contributed by atoms with Crippen molar-refractivity contribution in [3.05, 3.63) is 27.7 Å². The SMILES string of the molecule is N=C(Nc1c(Cl)cc(C(F)(F)F)cc1Cl)C(F)F. The number of alkyl halides is 5. The Kier molecular flexibility index (Phi) is 4.39. The van der Waals surface area contributed by atoms with Crippen LogP contribution in [-0.4, -0.2) is 12.3 Å². The van der Waals surface area contributed by atoms with Gasteiger partial charge >= 0.3 is 6.18 Å². The van der Waals surface area contributed by atoms with Crippen molar-refractivity contribution in [2.24, 2.45) is 0 Å². The molecule has 0 saturated carbocycles. The standard InChI is InChI=1S/C9H5Cl2F5N2/c10-4-1-3(9(14,15)16)2-5(11)6(4)18-8(17)7(12)13/h1-2,7H,(H2,17,18). The lowest BCUT2D eigenvalue weighted by Gasteiger charge is -2.14. The number of amidine groups is 1. The van der Waals surface area contributed by atoms with Crippen LogP contribution >= 0.6 is 23.2 Å². The highest BCUT2D eigenvalue weighted by atomic mass is 35.5. The zero-order valence-corrected chi connectivity index (χ0v) is 9.89. The molecular formula is C9H5Cl2F5N2. The van der Waals surface area contributed by atoms with Crippen LogP contribution < -0.4 is 5.32 Å². The topological polar surface area (TPSA) is 35.9 Å². The lowest BCUT2D eigenvalue weighted by atomic mass is 10.2. The highest BCUT2D eigenvalue weighted by Crippen LogP contribution is 2.38. The fourth-order valence-corrected chi connectivity index (χ4v) is 1.63. The third-order valence-corrected chi connectivity index (χ3v) is 2.44. The maximum atomic E-state index is 12.4. The first-order valence-corrected chi connectivity index (χ1v) is 5.08. The summed E-state index contributed by atoms with van der Waals surface area (Å²) in [5.41, 5.74) is -1.47. The maximum Gasteiger partial charge on any atom is 0.416 e. The number of hydrogen-bond donors (Lipinski definition) is 2. The van der Waals surface area contributed by atoms with E-state index in [1.807, 2.05) is 5.32 Å². The Balaban J connectivity index is 3.14. The lowest BCUT2D eigenvalue weighted by molar-refractivity contribution is -0.137. The van der Waals surface area contributed by atoms with Crippen LogP contribution in [0.5, 0.6) is 0 Å². The van der Waals surface area contributed by atoms with E-state index in [1.165, 1.54) is 0 Å². The van der Waals surface area contributed by atoms with Gasteiger partial charge in [-0.05, 0) is 12.1 Å². The summed E-state index contributed by atoms with van der Waals surface area (Å²) >= 11 is 11.0. The first kappa shape index (κ1) is 15.0. The van der Waals surface area contributed by atoms with E-state index in [0.717, 1.165) is 0 Å². The normalized spacial score (nSPS) is 11.8. The molecule has 0 aliphatic heterocycles. The number of rotatable bonds is 2. The van der Waals surface area contributed by atoms with E-state index >= 15 is 0 Å². The summed E-state index contributed by atoms with van der Waals surface area (Å²) in [5.74, 6) is -1.21. The Morgan fingerprint density at radius 3 is 1.94 bits per heavy atom. The van der Waals surface area contributed by atoms with Crippen molar-refractivity contribution in [3.8, 4) is 0 Å². The molecule has 2 N–H and O–H groups in total. The van der Waals surface area contributed by atoms with Crippen molar-refractivity contribution in [2.75, 3.05) is 5.32 Å². The number of anilines is 1. The third kappa shape index (κ3) is 3.46. The predicted octanol–water partition coefficient (Wildman–Crippen LogP) is 4.67. The Hall–Kier alpha value is -1.08. The quantitative estimate of drug-likeness (QED) is 0.465. The van der Waals surface area contributed by atoms with E-state index in [1.54, 1.807) is 0 Å². The molecule has 0 atom stereocenters. The second-order valence-electron chi connectivity index (χ2n) is 3.15. The van der Waals surface area contributed by atoms with Crippen molar-refractivity contribution >= 4 is 34.7 Å². The van der Waals surface area contributed by atoms with Gasteiger partial charge in [0.15, 0.2) is 5.84 Å². The highest BCUT2D eigenvalue weighted by Gasteiger charge is 2.32. The van der Waals surface area contributed by atoms with Gasteiger partial charge in [-0.25, -0.2) is 8.78 Å². The van der Waals surface area contributed by atoms with Gasteiger partial charge in [0.2, 0.25) is 0 Å². The van der Waals surface area contributed by atoms with Gasteiger partial charge in [-0.15, -0.1) is 0 Å². The molecule has 0 saturated heterocycles. The molecular weight excluding hydrogens is 302 g/mol. The van der Waals surface area contributed by atoms with Gasteiger partial charge in [0.05, 0.1) is 21.3 Å². The summed E-state index contributed by atoms with van der Waals surface area (Å²) in [6.45, 7) is 0. The summed E-state index contributed by atoms with van der Waals surface area (Å²) in [6, 6.07) is 1.07. The predicted molar refractivity (Wildman–Crippen MR) is 58.8 cm³/mol. The largest absolute Gasteiger partial charge is 0.416 e. The van der Waals surface area contributed by atoms with Crippen LogP contribution in [0, 0.1) is 5.41 Å². The molecule has 1 rings (SSSR count). The van der Waals surface area contributed by atoms with Crippen LogP contribution in [0.4, 0.5) is 27.6 Å². The van der Waals surface area contributed by atoms with Gasteiger partial charge < -0.3 is 5.32 Å². The molecule has 0 fully saturated rings. The third-order valence-electron chi connectivity index (χ3n) is 1.85. The number of hydrogen-bond acceptors (Lipinski definition) is 1. The van der Waals surface area contributed by atoms with E-state index in [4.69, 9.17) is 28.6 Å². The Labute approximate surface area is 108 Å². The molecule has 0 bridgehead atoms. The molecule has 0 unspecified atom stereocenters. The first-order chi connectivity index (χ1) is 8.12.